The number of nitrogens with one attached hydrogen (secondary N) is 1. The highest BCUT2D eigenvalue weighted by Gasteiger charge is 2.09. The van der Waals surface area contributed by atoms with Crippen LogP contribution in [0.1, 0.15) is 32.6 Å². The van der Waals surface area contributed by atoms with E-state index in [9.17, 15) is 4.79 Å². The number of nitrogens with zero attached hydrogens (tertiary/aromatic N) is 2. The maximum absolute atomic E-state index is 10.5. The molecule has 2 N–H and O–H groups in total. The number of aliphatic carboxylic acids is 1. The number of hydrogen-bond donors (Lipinski definition) is 2. The van der Waals surface area contributed by atoms with E-state index in [4.69, 9.17) is 28.3 Å². The van der Waals surface area contributed by atoms with Gasteiger partial charge < -0.3 is 10.4 Å². The molecule has 0 saturated carbocycles. The minimum absolute atomic E-state index is 0.210. The molecule has 5 nitrogen and oxygen atoms in total. The van der Waals surface area contributed by atoms with Crippen LogP contribution in [0.2, 0.25) is 10.3 Å². The number of carbonyl (C=O) groups is 1. The lowest BCUT2D eigenvalue weighted by molar-refractivity contribution is -0.137. The van der Waals surface area contributed by atoms with E-state index in [0.717, 1.165) is 12.8 Å². The number of anilines is 1. The van der Waals surface area contributed by atoms with Gasteiger partial charge in [-0.1, -0.05) is 36.5 Å². The fourth-order valence-electron chi connectivity index (χ4n) is 1.77. The Bertz CT molecular complexity index is 429. The van der Waals surface area contributed by atoms with Gasteiger partial charge in [-0.05, 0) is 18.8 Å². The van der Waals surface area contributed by atoms with Crippen LogP contribution in [0.15, 0.2) is 6.07 Å². The predicted octanol–water partition coefficient (Wildman–Crippen LogP) is 3.48. The van der Waals surface area contributed by atoms with Crippen molar-refractivity contribution in [3.8, 4) is 0 Å². The lowest BCUT2D eigenvalue weighted by Gasteiger charge is -2.14. The van der Waals surface area contributed by atoms with E-state index in [-0.39, 0.29) is 16.7 Å². The zero-order valence-corrected chi connectivity index (χ0v) is 12.2. The first kappa shape index (κ1) is 16.0. The van der Waals surface area contributed by atoms with E-state index < -0.39 is 5.97 Å². The number of halogens is 2. The zero-order chi connectivity index (χ0) is 14.3. The van der Waals surface area contributed by atoms with E-state index in [0.29, 0.717) is 24.6 Å². The summed E-state index contributed by atoms with van der Waals surface area (Å²) >= 11 is 11.6. The summed E-state index contributed by atoms with van der Waals surface area (Å²) in [5, 5.41) is 19.7. The SMILES string of the molecule is CCC(CCNc1cc(Cl)nnc1Cl)CCC(=O)O. The number of aromatic nitrogens is 2. The lowest BCUT2D eigenvalue weighted by atomic mass is 9.96. The van der Waals surface area contributed by atoms with Gasteiger partial charge in [0.1, 0.15) is 0 Å². The Morgan fingerprint density at radius 1 is 1.42 bits per heavy atom. The van der Waals surface area contributed by atoms with Gasteiger partial charge in [-0.3, -0.25) is 4.79 Å². The van der Waals surface area contributed by atoms with Crippen LogP contribution >= 0.6 is 23.2 Å². The highest BCUT2D eigenvalue weighted by atomic mass is 35.5. The Balaban J connectivity index is 2.39. The molecule has 0 spiro atoms. The maximum Gasteiger partial charge on any atom is 0.303 e. The van der Waals surface area contributed by atoms with Crippen LogP contribution in [0.5, 0.6) is 0 Å². The molecule has 0 aliphatic heterocycles. The summed E-state index contributed by atoms with van der Waals surface area (Å²) in [6, 6.07) is 1.62. The van der Waals surface area contributed by atoms with Crippen molar-refractivity contribution in [2.75, 3.05) is 11.9 Å². The third-order valence-electron chi connectivity index (χ3n) is 2.93. The van der Waals surface area contributed by atoms with Crippen LogP contribution in [0, 0.1) is 5.92 Å². The zero-order valence-electron chi connectivity index (χ0n) is 10.7. The second kappa shape index (κ2) is 8.17. The molecule has 0 saturated heterocycles. The number of carboxylic acids is 1. The van der Waals surface area contributed by atoms with E-state index in [1.807, 2.05) is 0 Å². The normalized spacial score (nSPS) is 12.2. The summed E-state index contributed by atoms with van der Waals surface area (Å²) in [5.74, 6) is -0.368. The number of rotatable bonds is 8. The molecule has 0 amide bonds. The molecule has 7 heteroatoms. The molecular formula is C12H17Cl2N3O2. The molecule has 19 heavy (non-hydrogen) atoms. The van der Waals surface area contributed by atoms with Gasteiger partial charge in [0.2, 0.25) is 0 Å². The van der Waals surface area contributed by atoms with E-state index in [1.54, 1.807) is 6.07 Å². The van der Waals surface area contributed by atoms with Gasteiger partial charge in [-0.2, -0.15) is 0 Å². The Morgan fingerprint density at radius 2 is 2.16 bits per heavy atom. The van der Waals surface area contributed by atoms with Crippen molar-refractivity contribution in [1.82, 2.24) is 10.2 Å². The molecule has 0 radical (unpaired) electrons. The van der Waals surface area contributed by atoms with Gasteiger partial charge in [0.05, 0.1) is 5.69 Å². The third kappa shape index (κ3) is 6.07. The molecule has 1 heterocycles. The first-order valence-electron chi connectivity index (χ1n) is 6.17. The van der Waals surface area contributed by atoms with E-state index in [1.165, 1.54) is 0 Å². The predicted molar refractivity (Wildman–Crippen MR) is 75.8 cm³/mol. The van der Waals surface area contributed by atoms with E-state index >= 15 is 0 Å². The van der Waals surface area contributed by atoms with Crippen LogP contribution in [0.3, 0.4) is 0 Å². The van der Waals surface area contributed by atoms with Crippen LogP contribution in [-0.4, -0.2) is 27.8 Å². The number of hydrogen-bond acceptors (Lipinski definition) is 4. The molecular weight excluding hydrogens is 289 g/mol. The van der Waals surface area contributed by atoms with Crippen molar-refractivity contribution in [2.24, 2.45) is 5.92 Å². The molecule has 0 aliphatic carbocycles. The van der Waals surface area contributed by atoms with Gasteiger partial charge in [-0.15, -0.1) is 10.2 Å². The Kier molecular flexibility index (Phi) is 6.87. The summed E-state index contributed by atoms with van der Waals surface area (Å²) < 4.78 is 0. The van der Waals surface area contributed by atoms with E-state index in [2.05, 4.69) is 22.4 Å². The minimum Gasteiger partial charge on any atom is -0.481 e. The fourth-order valence-corrected chi connectivity index (χ4v) is 2.07. The third-order valence-corrected chi connectivity index (χ3v) is 3.39. The fraction of sp³-hybridized carbons (Fsp3) is 0.583. The van der Waals surface area contributed by atoms with Crippen LogP contribution in [-0.2, 0) is 4.79 Å². The summed E-state index contributed by atoms with van der Waals surface area (Å²) in [5.41, 5.74) is 0.648. The maximum atomic E-state index is 10.5. The molecule has 106 valence electrons. The topological polar surface area (TPSA) is 75.1 Å². The van der Waals surface area contributed by atoms with Crippen molar-refractivity contribution in [1.29, 1.82) is 0 Å². The Morgan fingerprint density at radius 3 is 2.79 bits per heavy atom. The standard InChI is InChI=1S/C12H17Cl2N3O2/c1-2-8(3-4-11(18)19)5-6-15-9-7-10(13)16-17-12(9)14/h7-8H,2-6H2,1H3,(H,15,16)(H,18,19). The molecule has 1 aromatic heterocycles. The summed E-state index contributed by atoms with van der Waals surface area (Å²) in [4.78, 5) is 10.5. The van der Waals surface area contributed by atoms with Gasteiger partial charge in [0.15, 0.2) is 10.3 Å². The molecule has 0 fully saturated rings. The van der Waals surface area contributed by atoms with Crippen molar-refractivity contribution in [3.63, 3.8) is 0 Å². The molecule has 1 unspecified atom stereocenters. The molecule has 1 atom stereocenters. The van der Waals surface area contributed by atoms with Gasteiger partial charge in [0, 0.05) is 19.0 Å². The highest BCUT2D eigenvalue weighted by Crippen LogP contribution is 2.22. The Labute approximate surface area is 122 Å². The molecule has 0 aromatic carbocycles. The largest absolute Gasteiger partial charge is 0.481 e. The van der Waals surface area contributed by atoms with Crippen molar-refractivity contribution >= 4 is 34.9 Å². The molecule has 1 aromatic rings. The Hall–Kier alpha value is -1.07. The second-order valence-corrected chi connectivity index (χ2v) is 5.04. The quantitative estimate of drug-likeness (QED) is 0.769. The summed E-state index contributed by atoms with van der Waals surface area (Å²) in [7, 11) is 0. The molecule has 0 aliphatic rings. The van der Waals surface area contributed by atoms with Gasteiger partial charge in [-0.25, -0.2) is 0 Å². The monoisotopic (exact) mass is 305 g/mol. The van der Waals surface area contributed by atoms with Crippen molar-refractivity contribution in [2.45, 2.75) is 32.6 Å². The average Bonchev–Trinajstić information content (AvgIpc) is 2.37. The molecule has 0 bridgehead atoms. The highest BCUT2D eigenvalue weighted by molar-refractivity contribution is 6.33. The first-order valence-corrected chi connectivity index (χ1v) is 6.93. The number of carboxylic acid groups (broad SMARTS) is 1. The first-order chi connectivity index (χ1) is 9.02. The van der Waals surface area contributed by atoms with Crippen molar-refractivity contribution < 1.29 is 9.90 Å². The van der Waals surface area contributed by atoms with Crippen LogP contribution in [0.4, 0.5) is 5.69 Å². The van der Waals surface area contributed by atoms with Crippen LogP contribution in [0.25, 0.3) is 0 Å². The second-order valence-electron chi connectivity index (χ2n) is 4.29. The van der Waals surface area contributed by atoms with Crippen molar-refractivity contribution in [3.05, 3.63) is 16.4 Å². The molecule has 1 rings (SSSR count). The van der Waals surface area contributed by atoms with Gasteiger partial charge in [0.25, 0.3) is 0 Å². The summed E-state index contributed by atoms with van der Waals surface area (Å²) in [6.07, 6.45) is 2.73. The summed E-state index contributed by atoms with van der Waals surface area (Å²) in [6.45, 7) is 2.75. The minimum atomic E-state index is -0.750. The van der Waals surface area contributed by atoms with Crippen LogP contribution < -0.4 is 5.32 Å². The van der Waals surface area contributed by atoms with Gasteiger partial charge >= 0.3 is 5.97 Å². The smallest absolute Gasteiger partial charge is 0.303 e. The lowest BCUT2D eigenvalue weighted by Crippen LogP contribution is -2.11. The average molecular weight is 306 g/mol.